The van der Waals surface area contributed by atoms with Crippen molar-refractivity contribution in [2.24, 2.45) is 5.92 Å². The average Bonchev–Trinajstić information content (AvgIpc) is 3.06. The molecule has 186 valence electrons. The number of aromatic nitrogens is 2. The zero-order valence-electron chi connectivity index (χ0n) is 21.3. The number of hydrogen-bond donors (Lipinski definition) is 1. The van der Waals surface area contributed by atoms with Gasteiger partial charge in [0.2, 0.25) is 11.8 Å². The maximum absolute atomic E-state index is 12.8. The highest BCUT2D eigenvalue weighted by Crippen LogP contribution is 2.22. The highest BCUT2D eigenvalue weighted by molar-refractivity contribution is 5.97. The first-order valence-corrected chi connectivity index (χ1v) is 12.3. The molecular formula is C29H37N3O3. The van der Waals surface area contributed by atoms with Crippen molar-refractivity contribution in [3.8, 4) is 0 Å². The third-order valence-corrected chi connectivity index (χ3v) is 5.76. The van der Waals surface area contributed by atoms with E-state index >= 15 is 0 Å². The van der Waals surface area contributed by atoms with E-state index in [0.29, 0.717) is 23.9 Å². The zero-order chi connectivity index (χ0) is 25.8. The maximum Gasteiger partial charge on any atom is 0.272 e. The molecule has 1 heterocycles. The Morgan fingerprint density at radius 3 is 2.51 bits per heavy atom. The highest BCUT2D eigenvalue weighted by atomic mass is 16.2. The second-order valence-electron chi connectivity index (χ2n) is 8.82. The van der Waals surface area contributed by atoms with E-state index in [9.17, 15) is 14.4 Å². The Balaban J connectivity index is 0.00000100. The van der Waals surface area contributed by atoms with Gasteiger partial charge in [0.15, 0.2) is 0 Å². The summed E-state index contributed by atoms with van der Waals surface area (Å²) in [7, 11) is 0. The van der Waals surface area contributed by atoms with Crippen LogP contribution in [0.3, 0.4) is 0 Å². The van der Waals surface area contributed by atoms with E-state index in [0.717, 1.165) is 23.1 Å². The van der Waals surface area contributed by atoms with E-state index in [-0.39, 0.29) is 29.7 Å². The Kier molecular flexibility index (Phi) is 11.1. The first-order chi connectivity index (χ1) is 16.8. The largest absolute Gasteiger partial charge is 0.274 e. The monoisotopic (exact) mass is 475 g/mol. The van der Waals surface area contributed by atoms with Crippen LogP contribution in [0.15, 0.2) is 77.3 Å². The average molecular weight is 476 g/mol. The van der Waals surface area contributed by atoms with Crippen molar-refractivity contribution in [3.05, 3.63) is 88.5 Å². The van der Waals surface area contributed by atoms with Crippen molar-refractivity contribution in [2.45, 2.75) is 66.2 Å². The van der Waals surface area contributed by atoms with Crippen molar-refractivity contribution >= 4 is 22.6 Å². The third kappa shape index (κ3) is 8.02. The number of benzene rings is 1. The summed E-state index contributed by atoms with van der Waals surface area (Å²) < 4.78 is 0. The van der Waals surface area contributed by atoms with Crippen LogP contribution in [0.25, 0.3) is 10.8 Å². The van der Waals surface area contributed by atoms with Crippen LogP contribution < -0.4 is 5.56 Å². The van der Waals surface area contributed by atoms with Crippen LogP contribution in [0.2, 0.25) is 0 Å². The topological polar surface area (TPSA) is 83.1 Å². The molecular weight excluding hydrogens is 438 g/mol. The van der Waals surface area contributed by atoms with Crippen molar-refractivity contribution in [3.63, 3.8) is 0 Å². The molecule has 2 amide bonds. The number of allylic oxidation sites excluding steroid dienone is 6. The lowest BCUT2D eigenvalue weighted by Gasteiger charge is -2.22. The van der Waals surface area contributed by atoms with Gasteiger partial charge < -0.3 is 0 Å². The van der Waals surface area contributed by atoms with Crippen LogP contribution in [0.5, 0.6) is 0 Å². The van der Waals surface area contributed by atoms with Crippen LogP contribution in [-0.2, 0) is 16.0 Å². The molecule has 1 unspecified atom stereocenters. The summed E-state index contributed by atoms with van der Waals surface area (Å²) in [6, 6.07) is 7.38. The van der Waals surface area contributed by atoms with Crippen LogP contribution in [0, 0.1) is 5.92 Å². The Morgan fingerprint density at radius 2 is 1.89 bits per heavy atom. The van der Waals surface area contributed by atoms with Gasteiger partial charge in [-0.1, -0.05) is 81.7 Å². The second kappa shape index (κ2) is 14.0. The van der Waals surface area contributed by atoms with Crippen LogP contribution in [-0.4, -0.2) is 26.9 Å². The molecule has 3 rings (SSSR count). The van der Waals surface area contributed by atoms with Crippen molar-refractivity contribution < 1.29 is 9.59 Å². The SMILES string of the molecule is C=CCC(C)CC(=O)N(C(C)=O)C1=CCC(Cc2n[nH]c(=O)c3ccccc23)=CC=C1.CCCC. The predicted molar refractivity (Wildman–Crippen MR) is 143 cm³/mol. The molecule has 0 saturated carbocycles. The number of nitrogens with zero attached hydrogens (tertiary/aromatic N) is 2. The molecule has 1 aromatic heterocycles. The summed E-state index contributed by atoms with van der Waals surface area (Å²) in [6.45, 7) is 11.4. The van der Waals surface area contributed by atoms with Gasteiger partial charge in [0.05, 0.1) is 11.1 Å². The summed E-state index contributed by atoms with van der Waals surface area (Å²) in [4.78, 5) is 38.3. The number of hydrogen-bond acceptors (Lipinski definition) is 4. The molecule has 35 heavy (non-hydrogen) atoms. The maximum atomic E-state index is 12.8. The minimum Gasteiger partial charge on any atom is -0.274 e. The van der Waals surface area contributed by atoms with Gasteiger partial charge in [-0.25, -0.2) is 5.10 Å². The second-order valence-corrected chi connectivity index (χ2v) is 8.82. The zero-order valence-corrected chi connectivity index (χ0v) is 21.3. The van der Waals surface area contributed by atoms with E-state index in [4.69, 9.17) is 0 Å². The summed E-state index contributed by atoms with van der Waals surface area (Å²) in [5.74, 6) is -0.395. The molecule has 1 aliphatic rings. The Bertz CT molecular complexity index is 1190. The molecule has 0 fully saturated rings. The molecule has 1 aromatic carbocycles. The van der Waals surface area contributed by atoms with Gasteiger partial charge in [-0.05, 0) is 30.9 Å². The number of rotatable bonds is 8. The number of nitrogens with one attached hydrogen (secondary N) is 1. The molecule has 0 aliphatic heterocycles. The fourth-order valence-electron chi connectivity index (χ4n) is 3.73. The first kappa shape index (κ1) is 27.7. The molecule has 6 nitrogen and oxygen atoms in total. The Morgan fingerprint density at radius 1 is 1.20 bits per heavy atom. The number of H-pyrrole nitrogens is 1. The van der Waals surface area contributed by atoms with Gasteiger partial charge in [0.1, 0.15) is 0 Å². The molecule has 6 heteroatoms. The van der Waals surface area contributed by atoms with E-state index in [1.807, 2.05) is 43.4 Å². The lowest BCUT2D eigenvalue weighted by molar-refractivity contribution is -0.141. The number of aromatic amines is 1. The molecule has 1 atom stereocenters. The molecule has 0 saturated heterocycles. The molecule has 1 aliphatic carbocycles. The van der Waals surface area contributed by atoms with E-state index in [1.165, 1.54) is 24.7 Å². The van der Waals surface area contributed by atoms with Gasteiger partial charge in [-0.3, -0.25) is 19.3 Å². The minimum atomic E-state index is -0.302. The molecule has 0 bridgehead atoms. The van der Waals surface area contributed by atoms with Gasteiger partial charge >= 0.3 is 0 Å². The van der Waals surface area contributed by atoms with Crippen molar-refractivity contribution in [1.82, 2.24) is 15.1 Å². The molecule has 0 spiro atoms. The summed E-state index contributed by atoms with van der Waals surface area (Å²) >= 11 is 0. The highest BCUT2D eigenvalue weighted by Gasteiger charge is 2.23. The number of fused-ring (bicyclic) bond motifs is 1. The molecule has 0 radical (unpaired) electrons. The van der Waals surface area contributed by atoms with Crippen LogP contribution in [0.4, 0.5) is 0 Å². The number of amides is 2. The summed E-state index contributed by atoms with van der Waals surface area (Å²) in [5.41, 5.74) is 2.21. The summed E-state index contributed by atoms with van der Waals surface area (Å²) in [6.07, 6.45) is 14.0. The number of imide groups is 1. The van der Waals surface area contributed by atoms with Gasteiger partial charge in [-0.15, -0.1) is 6.58 Å². The normalized spacial score (nSPS) is 13.6. The molecule has 2 aromatic rings. The predicted octanol–water partition coefficient (Wildman–Crippen LogP) is 6.02. The standard InChI is InChI=1S/C25H27N3O3.C4H10/c1-4-8-17(2)15-24(30)28(18(3)29)20-10-7-9-19(13-14-20)16-23-21-11-5-6-12-22(21)25(31)27-26-23;1-3-4-2/h4-7,9-12,14,17H,1,8,13,15-16H2,2-3H3,(H,27,31);3-4H2,1-2H3. The van der Waals surface area contributed by atoms with E-state index < -0.39 is 0 Å². The number of carbonyl (C=O) groups excluding carboxylic acids is 2. The first-order valence-electron chi connectivity index (χ1n) is 12.3. The quantitative estimate of drug-likeness (QED) is 0.473. The van der Waals surface area contributed by atoms with E-state index in [2.05, 4.69) is 30.6 Å². The smallest absolute Gasteiger partial charge is 0.272 e. The fourth-order valence-corrected chi connectivity index (χ4v) is 3.73. The Hall–Kier alpha value is -3.54. The number of unbranched alkanes of at least 4 members (excludes halogenated alkanes) is 1. The van der Waals surface area contributed by atoms with Gasteiger partial charge in [-0.2, -0.15) is 5.10 Å². The fraction of sp³-hybridized carbons (Fsp3) is 0.379. The van der Waals surface area contributed by atoms with Crippen molar-refractivity contribution in [2.75, 3.05) is 0 Å². The van der Waals surface area contributed by atoms with Crippen molar-refractivity contribution in [1.29, 1.82) is 0 Å². The number of carbonyl (C=O) groups is 2. The van der Waals surface area contributed by atoms with E-state index in [1.54, 1.807) is 18.2 Å². The van der Waals surface area contributed by atoms with Crippen LogP contribution in [0.1, 0.15) is 65.5 Å². The van der Waals surface area contributed by atoms with Crippen LogP contribution >= 0.6 is 0 Å². The molecule has 1 N–H and O–H groups in total. The third-order valence-electron chi connectivity index (χ3n) is 5.76. The van der Waals surface area contributed by atoms with Gasteiger partial charge in [0.25, 0.3) is 5.56 Å². The summed E-state index contributed by atoms with van der Waals surface area (Å²) in [5, 5.41) is 8.23. The van der Waals surface area contributed by atoms with Gasteiger partial charge in [0, 0.05) is 30.8 Å². The minimum absolute atomic E-state index is 0.121. The lowest BCUT2D eigenvalue weighted by atomic mass is 10.0. The lowest BCUT2D eigenvalue weighted by Crippen LogP contribution is -2.34. The Labute approximate surface area is 208 Å².